The third-order valence-corrected chi connectivity index (χ3v) is 3.07. The van der Waals surface area contributed by atoms with Gasteiger partial charge >= 0.3 is 0 Å². The van der Waals surface area contributed by atoms with Crippen LogP contribution in [-0.4, -0.2) is 11.6 Å². The standard InChI is InChI=1S/C16H12F2O2/c1-10(15(19)11-6-2-4-8-13(11)17)16(20)12-7-3-5-9-14(12)18/h2-10H,1H3. The minimum absolute atomic E-state index is 0.162. The summed E-state index contributed by atoms with van der Waals surface area (Å²) in [6, 6.07) is 10.8. The molecule has 0 aromatic heterocycles. The fourth-order valence-electron chi connectivity index (χ4n) is 1.91. The number of hydrogen-bond acceptors (Lipinski definition) is 2. The topological polar surface area (TPSA) is 34.1 Å². The van der Waals surface area contributed by atoms with Crippen molar-refractivity contribution in [3.63, 3.8) is 0 Å². The largest absolute Gasteiger partial charge is 0.293 e. The van der Waals surface area contributed by atoms with E-state index in [1.54, 1.807) is 0 Å². The van der Waals surface area contributed by atoms with Crippen LogP contribution in [-0.2, 0) is 0 Å². The molecule has 0 atom stereocenters. The molecule has 0 radical (unpaired) electrons. The molecular weight excluding hydrogens is 262 g/mol. The molecule has 0 aliphatic rings. The highest BCUT2D eigenvalue weighted by Crippen LogP contribution is 2.18. The Balaban J connectivity index is 2.30. The highest BCUT2D eigenvalue weighted by Gasteiger charge is 2.27. The highest BCUT2D eigenvalue weighted by atomic mass is 19.1. The second kappa shape index (κ2) is 5.74. The molecule has 2 aromatic carbocycles. The lowest BCUT2D eigenvalue weighted by Crippen LogP contribution is -2.23. The molecule has 0 bridgehead atoms. The second-order valence-electron chi connectivity index (χ2n) is 4.41. The van der Waals surface area contributed by atoms with E-state index in [0.29, 0.717) is 0 Å². The molecule has 20 heavy (non-hydrogen) atoms. The third-order valence-electron chi connectivity index (χ3n) is 3.07. The van der Waals surface area contributed by atoms with Gasteiger partial charge in [0.2, 0.25) is 0 Å². The van der Waals surface area contributed by atoms with Gasteiger partial charge in [0.1, 0.15) is 11.6 Å². The molecule has 0 aliphatic carbocycles. The first kappa shape index (κ1) is 14.1. The summed E-state index contributed by atoms with van der Waals surface area (Å²) in [5.74, 6) is -3.83. The van der Waals surface area contributed by atoms with E-state index in [4.69, 9.17) is 0 Å². The molecule has 0 saturated heterocycles. The van der Waals surface area contributed by atoms with E-state index in [1.165, 1.54) is 43.3 Å². The summed E-state index contributed by atoms with van der Waals surface area (Å²) in [6.07, 6.45) is 0. The Hall–Kier alpha value is -2.36. The molecule has 0 saturated carbocycles. The van der Waals surface area contributed by atoms with Gasteiger partial charge in [-0.3, -0.25) is 9.59 Å². The summed E-state index contributed by atoms with van der Waals surface area (Å²) in [5, 5.41) is 0. The molecule has 2 aromatic rings. The van der Waals surface area contributed by atoms with Crippen molar-refractivity contribution in [2.24, 2.45) is 5.92 Å². The van der Waals surface area contributed by atoms with Crippen molar-refractivity contribution >= 4 is 11.6 Å². The van der Waals surface area contributed by atoms with Gasteiger partial charge in [-0.1, -0.05) is 24.3 Å². The molecule has 0 amide bonds. The van der Waals surface area contributed by atoms with Gasteiger partial charge in [-0.25, -0.2) is 8.78 Å². The van der Waals surface area contributed by atoms with Gasteiger partial charge in [-0.15, -0.1) is 0 Å². The smallest absolute Gasteiger partial charge is 0.176 e. The van der Waals surface area contributed by atoms with Crippen molar-refractivity contribution in [3.05, 3.63) is 71.3 Å². The number of benzene rings is 2. The van der Waals surface area contributed by atoms with Crippen molar-refractivity contribution < 1.29 is 18.4 Å². The Morgan fingerprint density at radius 3 is 1.50 bits per heavy atom. The van der Waals surface area contributed by atoms with Crippen LogP contribution in [0.3, 0.4) is 0 Å². The lowest BCUT2D eigenvalue weighted by molar-refractivity contribution is 0.0816. The van der Waals surface area contributed by atoms with Gasteiger partial charge in [0.05, 0.1) is 17.0 Å². The molecular formula is C16H12F2O2. The molecule has 4 heteroatoms. The fourth-order valence-corrected chi connectivity index (χ4v) is 1.91. The van der Waals surface area contributed by atoms with Gasteiger partial charge in [0.15, 0.2) is 11.6 Å². The minimum atomic E-state index is -1.14. The average Bonchev–Trinajstić information content (AvgIpc) is 2.46. The highest BCUT2D eigenvalue weighted by molar-refractivity contribution is 6.15. The zero-order valence-electron chi connectivity index (χ0n) is 10.8. The number of carbonyl (C=O) groups is 2. The number of ketones is 2. The van der Waals surface area contributed by atoms with Crippen molar-refractivity contribution in [1.82, 2.24) is 0 Å². The Morgan fingerprint density at radius 1 is 0.800 bits per heavy atom. The van der Waals surface area contributed by atoms with E-state index in [2.05, 4.69) is 0 Å². The first-order valence-electron chi connectivity index (χ1n) is 6.10. The Labute approximate surface area is 115 Å². The maximum absolute atomic E-state index is 13.5. The maximum atomic E-state index is 13.5. The van der Waals surface area contributed by atoms with Gasteiger partial charge in [0, 0.05) is 0 Å². The minimum Gasteiger partial charge on any atom is -0.293 e. The third kappa shape index (κ3) is 2.64. The number of hydrogen-bond donors (Lipinski definition) is 0. The predicted molar refractivity (Wildman–Crippen MR) is 70.6 cm³/mol. The zero-order valence-corrected chi connectivity index (χ0v) is 10.8. The SMILES string of the molecule is CC(C(=O)c1ccccc1F)C(=O)c1ccccc1F. The fraction of sp³-hybridized carbons (Fsp3) is 0.125. The monoisotopic (exact) mass is 274 g/mol. The maximum Gasteiger partial charge on any atom is 0.176 e. The molecule has 102 valence electrons. The van der Waals surface area contributed by atoms with Crippen LogP contribution in [0.5, 0.6) is 0 Å². The Kier molecular flexibility index (Phi) is 4.03. The van der Waals surface area contributed by atoms with E-state index in [9.17, 15) is 18.4 Å². The number of Topliss-reactive ketones (excluding diaryl/α,β-unsaturated/α-hetero) is 2. The first-order valence-corrected chi connectivity index (χ1v) is 6.10. The summed E-state index contributed by atoms with van der Waals surface area (Å²) in [7, 11) is 0. The number of carbonyl (C=O) groups excluding carboxylic acids is 2. The average molecular weight is 274 g/mol. The van der Waals surface area contributed by atoms with Gasteiger partial charge < -0.3 is 0 Å². The summed E-state index contributed by atoms with van der Waals surface area (Å²) < 4.78 is 27.1. The van der Waals surface area contributed by atoms with Crippen LogP contribution >= 0.6 is 0 Å². The lowest BCUT2D eigenvalue weighted by atomic mass is 9.91. The van der Waals surface area contributed by atoms with Crippen molar-refractivity contribution in [2.75, 3.05) is 0 Å². The van der Waals surface area contributed by atoms with Crippen LogP contribution in [0.1, 0.15) is 27.6 Å². The number of rotatable bonds is 4. The molecule has 0 unspecified atom stereocenters. The van der Waals surface area contributed by atoms with Crippen molar-refractivity contribution in [2.45, 2.75) is 6.92 Å². The van der Waals surface area contributed by atoms with Crippen LogP contribution in [0.15, 0.2) is 48.5 Å². The summed E-state index contributed by atoms with van der Waals surface area (Å²) in [5.41, 5.74) is -0.325. The summed E-state index contributed by atoms with van der Waals surface area (Å²) in [6.45, 7) is 1.35. The second-order valence-corrected chi connectivity index (χ2v) is 4.41. The quantitative estimate of drug-likeness (QED) is 0.629. The van der Waals surface area contributed by atoms with Crippen LogP contribution in [0.4, 0.5) is 8.78 Å². The molecule has 0 spiro atoms. The van der Waals surface area contributed by atoms with Crippen LogP contribution in [0.25, 0.3) is 0 Å². The Morgan fingerprint density at radius 2 is 1.15 bits per heavy atom. The number of halogens is 2. The van der Waals surface area contributed by atoms with E-state index in [0.717, 1.165) is 12.1 Å². The molecule has 0 N–H and O–H groups in total. The normalized spacial score (nSPS) is 10.6. The molecule has 0 aliphatic heterocycles. The first-order chi connectivity index (χ1) is 9.52. The van der Waals surface area contributed by atoms with Crippen LogP contribution < -0.4 is 0 Å². The molecule has 2 rings (SSSR count). The summed E-state index contributed by atoms with van der Waals surface area (Å²) >= 11 is 0. The summed E-state index contributed by atoms with van der Waals surface area (Å²) in [4.78, 5) is 24.2. The van der Waals surface area contributed by atoms with Crippen LogP contribution in [0.2, 0.25) is 0 Å². The van der Waals surface area contributed by atoms with Gasteiger partial charge in [-0.05, 0) is 31.2 Å². The molecule has 0 heterocycles. The Bertz CT molecular complexity index is 608. The van der Waals surface area contributed by atoms with E-state index < -0.39 is 29.1 Å². The van der Waals surface area contributed by atoms with Gasteiger partial charge in [0.25, 0.3) is 0 Å². The zero-order chi connectivity index (χ0) is 14.7. The van der Waals surface area contributed by atoms with Gasteiger partial charge in [-0.2, -0.15) is 0 Å². The van der Waals surface area contributed by atoms with E-state index in [1.807, 2.05) is 0 Å². The van der Waals surface area contributed by atoms with Crippen molar-refractivity contribution in [3.8, 4) is 0 Å². The molecule has 2 nitrogen and oxygen atoms in total. The van der Waals surface area contributed by atoms with E-state index in [-0.39, 0.29) is 11.1 Å². The predicted octanol–water partition coefficient (Wildman–Crippen LogP) is 3.67. The lowest BCUT2D eigenvalue weighted by Gasteiger charge is -2.10. The van der Waals surface area contributed by atoms with Crippen molar-refractivity contribution in [1.29, 1.82) is 0 Å². The van der Waals surface area contributed by atoms with Crippen LogP contribution in [0, 0.1) is 17.6 Å². The van der Waals surface area contributed by atoms with E-state index >= 15 is 0 Å². The molecule has 0 fully saturated rings.